The average Bonchev–Trinajstić information content (AvgIpc) is 2.65. The number of nitrogens with one attached hydrogen (secondary N) is 1. The van der Waals surface area contributed by atoms with E-state index in [9.17, 15) is 9.59 Å². The van der Waals surface area contributed by atoms with Crippen molar-refractivity contribution < 1.29 is 4.79 Å². The van der Waals surface area contributed by atoms with Crippen LogP contribution in [0.15, 0.2) is 9.95 Å². The minimum Gasteiger partial charge on any atom is -0.368 e. The summed E-state index contributed by atoms with van der Waals surface area (Å²) in [6.07, 6.45) is 1.24. The summed E-state index contributed by atoms with van der Waals surface area (Å²) in [6, 6.07) is 0. The van der Waals surface area contributed by atoms with Gasteiger partial charge in [0.2, 0.25) is 5.91 Å². The Balaban J connectivity index is 2.43. The Morgan fingerprint density at radius 3 is 2.83 bits per heavy atom. The molecule has 102 valence electrons. The third kappa shape index (κ3) is 3.61. The lowest BCUT2D eigenvalue weighted by molar-refractivity contribution is -0.122. The highest BCUT2D eigenvalue weighted by Crippen LogP contribution is 2.17. The van der Waals surface area contributed by atoms with Gasteiger partial charge >= 0.3 is 5.69 Å². The lowest BCUT2D eigenvalue weighted by Crippen LogP contribution is -2.49. The predicted octanol–water partition coefficient (Wildman–Crippen LogP) is -0.334. The van der Waals surface area contributed by atoms with Crippen LogP contribution in [0.4, 0.5) is 0 Å². The molecule has 1 amide bonds. The molecule has 1 rings (SSSR count). The van der Waals surface area contributed by atoms with E-state index >= 15 is 0 Å². The van der Waals surface area contributed by atoms with Gasteiger partial charge in [0.25, 0.3) is 0 Å². The number of H-pyrrole nitrogens is 1. The molecule has 1 aromatic rings. The van der Waals surface area contributed by atoms with E-state index in [0.717, 1.165) is 12.2 Å². The van der Waals surface area contributed by atoms with Crippen LogP contribution in [-0.4, -0.2) is 32.0 Å². The molecule has 0 bridgehead atoms. The molecule has 0 aliphatic carbocycles. The van der Waals surface area contributed by atoms with Crippen molar-refractivity contribution >= 4 is 17.7 Å². The Morgan fingerprint density at radius 2 is 2.28 bits per heavy atom. The van der Waals surface area contributed by atoms with Crippen molar-refractivity contribution in [2.75, 3.05) is 5.75 Å². The number of hydrogen-bond donors (Lipinski definition) is 3. The van der Waals surface area contributed by atoms with E-state index in [-0.39, 0.29) is 5.69 Å². The number of aromatic amines is 1. The molecule has 1 atom stereocenters. The van der Waals surface area contributed by atoms with Crippen molar-refractivity contribution in [2.45, 2.75) is 43.9 Å². The average molecular weight is 273 g/mol. The van der Waals surface area contributed by atoms with E-state index in [4.69, 9.17) is 11.5 Å². The van der Waals surface area contributed by atoms with Crippen LogP contribution in [0.5, 0.6) is 0 Å². The fourth-order valence-electron chi connectivity index (χ4n) is 1.42. The van der Waals surface area contributed by atoms with Gasteiger partial charge in [0.1, 0.15) is 0 Å². The number of thioether (sulfide) groups is 1. The number of nitrogens with zero attached hydrogens (tertiary/aromatic N) is 2. The van der Waals surface area contributed by atoms with Crippen molar-refractivity contribution in [2.24, 2.45) is 11.5 Å². The lowest BCUT2D eigenvalue weighted by Gasteiger charge is -2.19. The van der Waals surface area contributed by atoms with Crippen molar-refractivity contribution in [1.29, 1.82) is 0 Å². The van der Waals surface area contributed by atoms with Gasteiger partial charge < -0.3 is 11.5 Å². The van der Waals surface area contributed by atoms with Crippen molar-refractivity contribution in [3.05, 3.63) is 10.5 Å². The molecule has 1 unspecified atom stereocenters. The smallest absolute Gasteiger partial charge is 0.343 e. The maximum absolute atomic E-state index is 11.3. The van der Waals surface area contributed by atoms with Gasteiger partial charge in [0.05, 0.1) is 5.54 Å². The maximum Gasteiger partial charge on any atom is 0.343 e. The van der Waals surface area contributed by atoms with Crippen LogP contribution >= 0.6 is 11.8 Å². The van der Waals surface area contributed by atoms with Gasteiger partial charge in [-0.3, -0.25) is 9.36 Å². The topological polar surface area (TPSA) is 120 Å². The SMILES string of the molecule is CCn1c(SCCCC(C)(N)C(N)=O)n[nH]c1=O. The van der Waals surface area contributed by atoms with Crippen LogP contribution in [0.1, 0.15) is 26.7 Å². The summed E-state index contributed by atoms with van der Waals surface area (Å²) in [4.78, 5) is 22.3. The van der Waals surface area contributed by atoms with Crippen LogP contribution in [0.2, 0.25) is 0 Å². The highest BCUT2D eigenvalue weighted by atomic mass is 32.2. The van der Waals surface area contributed by atoms with E-state index in [1.165, 1.54) is 11.8 Å². The molecular formula is C10H19N5O2S. The molecule has 0 aliphatic heterocycles. The summed E-state index contributed by atoms with van der Waals surface area (Å²) >= 11 is 1.46. The zero-order valence-electron chi connectivity index (χ0n) is 10.6. The van der Waals surface area contributed by atoms with Crippen LogP contribution in [0.3, 0.4) is 0 Å². The van der Waals surface area contributed by atoms with E-state index in [1.807, 2.05) is 6.92 Å². The van der Waals surface area contributed by atoms with Gasteiger partial charge in [-0.2, -0.15) is 0 Å². The predicted molar refractivity (Wildman–Crippen MR) is 70.3 cm³/mol. The minimum absolute atomic E-state index is 0.208. The molecule has 1 aromatic heterocycles. The summed E-state index contributed by atoms with van der Waals surface area (Å²) in [5.41, 5.74) is 9.73. The molecule has 0 saturated carbocycles. The molecule has 0 radical (unpaired) electrons. The molecule has 0 spiro atoms. The number of amides is 1. The van der Waals surface area contributed by atoms with E-state index in [0.29, 0.717) is 18.1 Å². The Hall–Kier alpha value is -1.28. The molecule has 0 saturated heterocycles. The maximum atomic E-state index is 11.3. The lowest BCUT2D eigenvalue weighted by atomic mass is 9.97. The first-order chi connectivity index (χ1) is 8.38. The highest BCUT2D eigenvalue weighted by Gasteiger charge is 2.24. The van der Waals surface area contributed by atoms with E-state index < -0.39 is 11.4 Å². The third-order valence-corrected chi connectivity index (χ3v) is 3.74. The zero-order valence-corrected chi connectivity index (χ0v) is 11.4. The van der Waals surface area contributed by atoms with Crippen LogP contribution in [-0.2, 0) is 11.3 Å². The number of nitrogens with two attached hydrogens (primary N) is 2. The molecule has 0 aromatic carbocycles. The van der Waals surface area contributed by atoms with Crippen molar-refractivity contribution in [3.8, 4) is 0 Å². The molecule has 5 N–H and O–H groups in total. The second-order valence-electron chi connectivity index (χ2n) is 4.29. The summed E-state index contributed by atoms with van der Waals surface area (Å²) in [6.45, 7) is 4.08. The highest BCUT2D eigenvalue weighted by molar-refractivity contribution is 7.99. The minimum atomic E-state index is -0.976. The molecular weight excluding hydrogens is 254 g/mol. The number of aromatic nitrogens is 3. The van der Waals surface area contributed by atoms with Gasteiger partial charge in [0.15, 0.2) is 5.16 Å². The van der Waals surface area contributed by atoms with Crippen molar-refractivity contribution in [1.82, 2.24) is 14.8 Å². The van der Waals surface area contributed by atoms with E-state index in [2.05, 4.69) is 10.2 Å². The molecule has 18 heavy (non-hydrogen) atoms. The van der Waals surface area contributed by atoms with Crippen LogP contribution < -0.4 is 17.2 Å². The fourth-order valence-corrected chi connectivity index (χ4v) is 2.37. The van der Waals surface area contributed by atoms with Gasteiger partial charge in [-0.15, -0.1) is 5.10 Å². The third-order valence-electron chi connectivity index (χ3n) is 2.67. The van der Waals surface area contributed by atoms with E-state index in [1.54, 1.807) is 11.5 Å². The number of rotatable bonds is 7. The normalized spacial score (nSPS) is 14.4. The van der Waals surface area contributed by atoms with Crippen LogP contribution in [0.25, 0.3) is 0 Å². The largest absolute Gasteiger partial charge is 0.368 e. The quantitative estimate of drug-likeness (QED) is 0.464. The molecule has 7 nitrogen and oxygen atoms in total. The first-order valence-corrected chi connectivity index (χ1v) is 6.74. The fraction of sp³-hybridized carbons (Fsp3) is 0.700. The summed E-state index contributed by atoms with van der Waals surface area (Å²) < 4.78 is 1.56. The van der Waals surface area contributed by atoms with Crippen molar-refractivity contribution in [3.63, 3.8) is 0 Å². The number of carbonyl (C=O) groups is 1. The number of carbonyl (C=O) groups excluding carboxylic acids is 1. The van der Waals surface area contributed by atoms with Crippen LogP contribution in [0, 0.1) is 0 Å². The Bertz CT molecular complexity index is 465. The first kappa shape index (κ1) is 14.8. The first-order valence-electron chi connectivity index (χ1n) is 5.75. The van der Waals surface area contributed by atoms with Gasteiger partial charge in [0, 0.05) is 12.3 Å². The molecule has 1 heterocycles. The Kier molecular flexibility index (Phi) is 4.97. The second-order valence-corrected chi connectivity index (χ2v) is 5.35. The molecule has 8 heteroatoms. The van der Waals surface area contributed by atoms with Gasteiger partial charge in [-0.05, 0) is 26.7 Å². The Labute approximate surface area is 109 Å². The second kappa shape index (κ2) is 6.05. The molecule has 0 fully saturated rings. The summed E-state index contributed by atoms with van der Waals surface area (Å²) in [5.74, 6) is 0.224. The summed E-state index contributed by atoms with van der Waals surface area (Å²) in [5, 5.41) is 6.98. The standard InChI is InChI=1S/C10H19N5O2S/c1-3-15-8(17)13-14-9(15)18-6-4-5-10(2,12)7(11)16/h3-6,12H2,1-2H3,(H2,11,16)(H,13,17). The number of hydrogen-bond acceptors (Lipinski definition) is 5. The summed E-state index contributed by atoms with van der Waals surface area (Å²) in [7, 11) is 0. The Morgan fingerprint density at radius 1 is 1.61 bits per heavy atom. The van der Waals surface area contributed by atoms with Gasteiger partial charge in [-0.25, -0.2) is 9.89 Å². The zero-order chi connectivity index (χ0) is 13.8. The monoisotopic (exact) mass is 273 g/mol. The molecule has 0 aliphatic rings. The number of primary amides is 1. The van der Waals surface area contributed by atoms with Gasteiger partial charge in [-0.1, -0.05) is 11.8 Å².